The molecule has 1 aromatic rings. The molecule has 2 rings (SSSR count). The van der Waals surface area contributed by atoms with Crippen molar-refractivity contribution >= 4 is 27.3 Å². The Morgan fingerprint density at radius 3 is 2.28 bits per heavy atom. The number of carbonyl (C=O) groups is 1. The van der Waals surface area contributed by atoms with E-state index in [9.17, 15) is 13.2 Å². The van der Waals surface area contributed by atoms with Crippen molar-refractivity contribution in [3.05, 3.63) is 24.3 Å². The molecule has 1 aromatic carbocycles. The summed E-state index contributed by atoms with van der Waals surface area (Å²) in [5.74, 6) is 0.229. The first-order valence-electron chi connectivity index (χ1n) is 5.91. The first-order chi connectivity index (χ1) is 8.50. The highest BCUT2D eigenvalue weighted by Crippen LogP contribution is 2.30. The summed E-state index contributed by atoms with van der Waals surface area (Å²) in [5, 5.41) is 2.79. The van der Waals surface area contributed by atoms with Gasteiger partial charge in [0.15, 0.2) is 0 Å². The van der Waals surface area contributed by atoms with Crippen LogP contribution in [0.4, 0.5) is 11.4 Å². The molecule has 6 heteroatoms. The van der Waals surface area contributed by atoms with E-state index >= 15 is 0 Å². The van der Waals surface area contributed by atoms with Crippen LogP contribution in [0.5, 0.6) is 0 Å². The molecule has 0 aliphatic heterocycles. The normalized spacial score (nSPS) is 15.2. The lowest BCUT2D eigenvalue weighted by Gasteiger charge is -2.08. The van der Waals surface area contributed by atoms with E-state index in [1.54, 1.807) is 31.2 Å². The maximum atomic E-state index is 11.5. The number of sulfonamides is 1. The number of hydrogen-bond acceptors (Lipinski definition) is 3. The van der Waals surface area contributed by atoms with Gasteiger partial charge in [0.2, 0.25) is 15.9 Å². The molecule has 2 N–H and O–H groups in total. The lowest BCUT2D eigenvalue weighted by molar-refractivity contribution is -0.117. The Morgan fingerprint density at radius 1 is 1.22 bits per heavy atom. The first-order valence-corrected chi connectivity index (χ1v) is 7.57. The average molecular weight is 268 g/mol. The summed E-state index contributed by atoms with van der Waals surface area (Å²) in [7, 11) is -3.25. The van der Waals surface area contributed by atoms with Gasteiger partial charge in [0.25, 0.3) is 0 Å². The third-order valence-electron chi connectivity index (χ3n) is 2.75. The molecule has 1 fully saturated rings. The van der Waals surface area contributed by atoms with E-state index in [-0.39, 0.29) is 17.6 Å². The van der Waals surface area contributed by atoms with E-state index in [0.29, 0.717) is 11.4 Å². The van der Waals surface area contributed by atoms with Crippen LogP contribution in [0.1, 0.15) is 19.8 Å². The summed E-state index contributed by atoms with van der Waals surface area (Å²) in [6.07, 6.45) is 1.92. The Bertz CT molecular complexity index is 533. The van der Waals surface area contributed by atoms with Crippen LogP contribution in [0.3, 0.4) is 0 Å². The number of hydrogen-bond donors (Lipinski definition) is 2. The summed E-state index contributed by atoms with van der Waals surface area (Å²) in [6, 6.07) is 6.65. The summed E-state index contributed by atoms with van der Waals surface area (Å²) < 4.78 is 25.1. The minimum absolute atomic E-state index is 0.0349. The lowest BCUT2D eigenvalue weighted by atomic mass is 10.2. The fraction of sp³-hybridized carbons (Fsp3) is 0.417. The van der Waals surface area contributed by atoms with E-state index in [4.69, 9.17) is 0 Å². The number of anilines is 2. The Labute approximate surface area is 107 Å². The van der Waals surface area contributed by atoms with Crippen molar-refractivity contribution in [1.82, 2.24) is 0 Å². The van der Waals surface area contributed by atoms with Gasteiger partial charge in [-0.1, -0.05) is 0 Å². The van der Waals surface area contributed by atoms with Crippen LogP contribution < -0.4 is 10.0 Å². The van der Waals surface area contributed by atoms with E-state index in [2.05, 4.69) is 10.0 Å². The predicted molar refractivity (Wildman–Crippen MR) is 70.9 cm³/mol. The molecule has 0 radical (unpaired) electrons. The molecular weight excluding hydrogens is 252 g/mol. The van der Waals surface area contributed by atoms with Crippen LogP contribution in [-0.4, -0.2) is 20.1 Å². The zero-order valence-corrected chi connectivity index (χ0v) is 11.0. The standard InChI is InChI=1S/C12H16N2O3S/c1-2-18(16,17)14-11-7-5-10(6-8-11)13-12(15)9-3-4-9/h5-9,14H,2-4H2,1H3,(H,13,15). The third-order valence-corrected chi connectivity index (χ3v) is 4.06. The number of benzene rings is 1. The fourth-order valence-corrected chi connectivity index (χ4v) is 2.10. The molecule has 0 saturated heterocycles. The third kappa shape index (κ3) is 3.46. The van der Waals surface area contributed by atoms with Gasteiger partial charge in [0.05, 0.1) is 5.75 Å². The monoisotopic (exact) mass is 268 g/mol. The summed E-state index contributed by atoms with van der Waals surface area (Å²) >= 11 is 0. The average Bonchev–Trinajstić information content (AvgIpc) is 3.15. The molecule has 0 atom stereocenters. The largest absolute Gasteiger partial charge is 0.326 e. The van der Waals surface area contributed by atoms with Crippen molar-refractivity contribution in [2.75, 3.05) is 15.8 Å². The molecular formula is C12H16N2O3S. The van der Waals surface area contributed by atoms with Gasteiger partial charge in [-0.05, 0) is 44.0 Å². The van der Waals surface area contributed by atoms with Crippen molar-refractivity contribution in [3.8, 4) is 0 Å². The number of rotatable bonds is 5. The van der Waals surface area contributed by atoms with Gasteiger partial charge in [-0.2, -0.15) is 0 Å². The summed E-state index contributed by atoms with van der Waals surface area (Å²) in [5.41, 5.74) is 1.19. The van der Waals surface area contributed by atoms with Crippen molar-refractivity contribution in [2.24, 2.45) is 5.92 Å². The van der Waals surface area contributed by atoms with E-state index in [1.165, 1.54) is 0 Å². The van der Waals surface area contributed by atoms with Gasteiger partial charge >= 0.3 is 0 Å². The SMILES string of the molecule is CCS(=O)(=O)Nc1ccc(NC(=O)C2CC2)cc1. The van der Waals surface area contributed by atoms with E-state index < -0.39 is 10.0 Å². The first kappa shape index (κ1) is 12.9. The molecule has 18 heavy (non-hydrogen) atoms. The Kier molecular flexibility index (Phi) is 3.56. The number of amides is 1. The fourth-order valence-electron chi connectivity index (χ4n) is 1.46. The van der Waals surface area contributed by atoms with Gasteiger partial charge < -0.3 is 5.32 Å². The van der Waals surface area contributed by atoms with Gasteiger partial charge in [0.1, 0.15) is 0 Å². The van der Waals surface area contributed by atoms with E-state index in [0.717, 1.165) is 12.8 Å². The molecule has 1 aliphatic carbocycles. The van der Waals surface area contributed by atoms with Gasteiger partial charge in [-0.3, -0.25) is 9.52 Å². The molecule has 0 spiro atoms. The summed E-state index contributed by atoms with van der Waals surface area (Å²) in [4.78, 5) is 11.5. The number of nitrogens with one attached hydrogen (secondary N) is 2. The second-order valence-electron chi connectivity index (χ2n) is 4.35. The van der Waals surface area contributed by atoms with Gasteiger partial charge in [-0.15, -0.1) is 0 Å². The molecule has 0 unspecified atom stereocenters. The molecule has 0 heterocycles. The quantitative estimate of drug-likeness (QED) is 0.855. The maximum absolute atomic E-state index is 11.5. The Morgan fingerprint density at radius 2 is 1.78 bits per heavy atom. The zero-order valence-electron chi connectivity index (χ0n) is 10.1. The molecule has 0 aromatic heterocycles. The Balaban J connectivity index is 1.98. The maximum Gasteiger partial charge on any atom is 0.232 e. The van der Waals surface area contributed by atoms with Crippen molar-refractivity contribution in [1.29, 1.82) is 0 Å². The summed E-state index contributed by atoms with van der Waals surface area (Å²) in [6.45, 7) is 1.58. The molecule has 1 amide bonds. The van der Waals surface area contributed by atoms with Crippen LogP contribution in [0.15, 0.2) is 24.3 Å². The molecule has 1 aliphatic rings. The van der Waals surface area contributed by atoms with Crippen LogP contribution in [0.2, 0.25) is 0 Å². The minimum atomic E-state index is -3.25. The highest BCUT2D eigenvalue weighted by atomic mass is 32.2. The topological polar surface area (TPSA) is 75.3 Å². The molecule has 5 nitrogen and oxygen atoms in total. The van der Waals surface area contributed by atoms with Crippen molar-refractivity contribution in [3.63, 3.8) is 0 Å². The van der Waals surface area contributed by atoms with Crippen LogP contribution in [0.25, 0.3) is 0 Å². The van der Waals surface area contributed by atoms with Crippen LogP contribution in [-0.2, 0) is 14.8 Å². The second kappa shape index (κ2) is 4.97. The molecule has 0 bridgehead atoms. The van der Waals surface area contributed by atoms with Crippen LogP contribution in [0, 0.1) is 5.92 Å². The lowest BCUT2D eigenvalue weighted by Crippen LogP contribution is -2.15. The zero-order chi connectivity index (χ0) is 13.2. The minimum Gasteiger partial charge on any atom is -0.326 e. The van der Waals surface area contributed by atoms with Crippen molar-refractivity contribution < 1.29 is 13.2 Å². The van der Waals surface area contributed by atoms with Crippen LogP contribution >= 0.6 is 0 Å². The van der Waals surface area contributed by atoms with Gasteiger partial charge in [-0.25, -0.2) is 8.42 Å². The van der Waals surface area contributed by atoms with E-state index in [1.807, 2.05) is 0 Å². The second-order valence-corrected chi connectivity index (χ2v) is 6.36. The van der Waals surface area contributed by atoms with Crippen molar-refractivity contribution in [2.45, 2.75) is 19.8 Å². The smallest absolute Gasteiger partial charge is 0.232 e. The Hall–Kier alpha value is -1.56. The highest BCUT2D eigenvalue weighted by molar-refractivity contribution is 7.92. The molecule has 98 valence electrons. The predicted octanol–water partition coefficient (Wildman–Crippen LogP) is 1.80. The number of carbonyl (C=O) groups excluding carboxylic acids is 1. The molecule has 1 saturated carbocycles. The van der Waals surface area contributed by atoms with Gasteiger partial charge in [0, 0.05) is 17.3 Å². The highest BCUT2D eigenvalue weighted by Gasteiger charge is 2.29.